The number of hydrogen-bond acceptors (Lipinski definition) is 5. The Morgan fingerprint density at radius 3 is 2.58 bits per heavy atom. The van der Waals surface area contributed by atoms with Gasteiger partial charge in [0.05, 0.1) is 6.61 Å². The van der Waals surface area contributed by atoms with Gasteiger partial charge in [-0.25, -0.2) is 9.78 Å². The Balaban J connectivity index is 1.97. The summed E-state index contributed by atoms with van der Waals surface area (Å²) in [6.07, 6.45) is 0.849. The van der Waals surface area contributed by atoms with Crippen molar-refractivity contribution in [2.24, 2.45) is 0 Å². The second-order valence-corrected chi connectivity index (χ2v) is 5.04. The molecule has 126 valence electrons. The summed E-state index contributed by atoms with van der Waals surface area (Å²) in [6, 6.07) is 9.69. The van der Waals surface area contributed by atoms with E-state index in [4.69, 9.17) is 21.1 Å². The molecule has 1 heterocycles. The van der Waals surface area contributed by atoms with Gasteiger partial charge in [0.25, 0.3) is 5.91 Å². The number of carbonyl (C=O) groups excluding carboxylic acids is 2. The maximum Gasteiger partial charge on any atom is 0.411 e. The topological polar surface area (TPSA) is 89.5 Å². The van der Waals surface area contributed by atoms with Gasteiger partial charge < -0.3 is 14.8 Å². The Labute approximate surface area is 143 Å². The number of amides is 2. The molecule has 0 fully saturated rings. The van der Waals surface area contributed by atoms with Crippen molar-refractivity contribution in [2.45, 2.75) is 0 Å². The van der Waals surface area contributed by atoms with Crippen LogP contribution in [0.25, 0.3) is 0 Å². The molecule has 0 aliphatic carbocycles. The molecule has 24 heavy (non-hydrogen) atoms. The Morgan fingerprint density at radius 2 is 1.88 bits per heavy atom. The Kier molecular flexibility index (Phi) is 6.53. The van der Waals surface area contributed by atoms with Crippen LogP contribution < -0.4 is 10.6 Å². The number of ether oxygens (including phenoxy) is 2. The average Bonchev–Trinajstić information content (AvgIpc) is 2.55. The van der Waals surface area contributed by atoms with Crippen molar-refractivity contribution in [1.29, 1.82) is 0 Å². The molecule has 2 amide bonds. The van der Waals surface area contributed by atoms with Crippen LogP contribution in [0.3, 0.4) is 0 Å². The van der Waals surface area contributed by atoms with E-state index < -0.39 is 6.09 Å². The molecule has 8 heteroatoms. The number of nitrogens with zero attached hydrogens (tertiary/aromatic N) is 1. The van der Waals surface area contributed by atoms with Gasteiger partial charge in [0.2, 0.25) is 0 Å². The number of rotatable bonds is 6. The van der Waals surface area contributed by atoms with Crippen LogP contribution in [-0.2, 0) is 9.47 Å². The number of halogens is 1. The van der Waals surface area contributed by atoms with Crippen LogP contribution in [0.4, 0.5) is 16.2 Å². The molecule has 0 radical (unpaired) electrons. The molecule has 0 bridgehead atoms. The Bertz CT molecular complexity index is 724. The fraction of sp³-hybridized carbons (Fsp3) is 0.188. The molecule has 7 nitrogen and oxygen atoms in total. The molecule has 1 aromatic carbocycles. The van der Waals surface area contributed by atoms with Crippen LogP contribution in [0.2, 0.25) is 5.15 Å². The highest BCUT2D eigenvalue weighted by Gasteiger charge is 2.08. The maximum atomic E-state index is 12.2. The summed E-state index contributed by atoms with van der Waals surface area (Å²) < 4.78 is 9.70. The summed E-state index contributed by atoms with van der Waals surface area (Å²) in [4.78, 5) is 27.6. The fourth-order valence-electron chi connectivity index (χ4n) is 1.79. The van der Waals surface area contributed by atoms with E-state index in [1.807, 2.05) is 0 Å². The third-order valence-electron chi connectivity index (χ3n) is 2.88. The summed E-state index contributed by atoms with van der Waals surface area (Å²) in [5, 5.41) is 5.51. The number of hydrogen-bond donors (Lipinski definition) is 2. The first-order valence-corrected chi connectivity index (χ1v) is 7.42. The summed E-state index contributed by atoms with van der Waals surface area (Å²) in [5.74, 6) is -0.334. The van der Waals surface area contributed by atoms with Gasteiger partial charge in [-0.05, 0) is 30.3 Å². The predicted molar refractivity (Wildman–Crippen MR) is 90.5 cm³/mol. The van der Waals surface area contributed by atoms with Crippen molar-refractivity contribution in [3.63, 3.8) is 0 Å². The molecule has 2 aromatic rings. The fourth-order valence-corrected chi connectivity index (χ4v) is 1.97. The minimum absolute atomic E-state index is 0.154. The van der Waals surface area contributed by atoms with E-state index in [0.717, 1.165) is 0 Å². The third kappa shape index (κ3) is 5.53. The van der Waals surface area contributed by atoms with Crippen LogP contribution in [0, 0.1) is 0 Å². The number of anilines is 2. The van der Waals surface area contributed by atoms with Crippen LogP contribution in [0.15, 0.2) is 42.6 Å². The molecule has 0 spiro atoms. The highest BCUT2D eigenvalue weighted by atomic mass is 35.5. The molecular formula is C16H16ClN3O4. The second-order valence-electron chi connectivity index (χ2n) is 4.66. The van der Waals surface area contributed by atoms with Gasteiger partial charge in [-0.1, -0.05) is 17.7 Å². The highest BCUT2D eigenvalue weighted by molar-refractivity contribution is 6.29. The normalized spacial score (nSPS) is 10.1. The van der Waals surface area contributed by atoms with E-state index in [2.05, 4.69) is 15.6 Å². The van der Waals surface area contributed by atoms with Crippen LogP contribution in [0.5, 0.6) is 0 Å². The molecule has 0 aliphatic heterocycles. The van der Waals surface area contributed by atoms with E-state index in [0.29, 0.717) is 23.5 Å². The molecule has 0 saturated heterocycles. The largest absolute Gasteiger partial charge is 0.447 e. The molecule has 1 aromatic heterocycles. The first kappa shape index (κ1) is 17.7. The standard InChI is InChI=1S/C16H16ClN3O4/c1-23-7-8-24-16(22)20-13-4-2-3-12(10-13)19-15(21)11-5-6-18-14(17)9-11/h2-6,9-10H,7-8H2,1H3,(H,19,21)(H,20,22). The van der Waals surface area contributed by atoms with Crippen molar-refractivity contribution in [2.75, 3.05) is 31.0 Å². The van der Waals surface area contributed by atoms with Crippen LogP contribution >= 0.6 is 11.6 Å². The van der Waals surface area contributed by atoms with Gasteiger partial charge >= 0.3 is 6.09 Å². The average molecular weight is 350 g/mol. The lowest BCUT2D eigenvalue weighted by Crippen LogP contribution is -2.17. The minimum Gasteiger partial charge on any atom is -0.447 e. The summed E-state index contributed by atoms with van der Waals surface area (Å²) in [6.45, 7) is 0.472. The van der Waals surface area contributed by atoms with E-state index >= 15 is 0 Å². The predicted octanol–water partition coefficient (Wildman–Crippen LogP) is 3.18. The smallest absolute Gasteiger partial charge is 0.411 e. The lowest BCUT2D eigenvalue weighted by atomic mass is 10.2. The monoisotopic (exact) mass is 349 g/mol. The Morgan fingerprint density at radius 1 is 1.12 bits per heavy atom. The zero-order chi connectivity index (χ0) is 17.4. The van der Waals surface area contributed by atoms with Crippen molar-refractivity contribution in [3.05, 3.63) is 53.3 Å². The lowest BCUT2D eigenvalue weighted by molar-refractivity contribution is 0.102. The van der Waals surface area contributed by atoms with Crippen molar-refractivity contribution in [1.82, 2.24) is 4.98 Å². The molecule has 0 aliphatic rings. The molecule has 0 saturated carbocycles. The summed E-state index contributed by atoms with van der Waals surface area (Å²) in [5.41, 5.74) is 1.39. The summed E-state index contributed by atoms with van der Waals surface area (Å²) in [7, 11) is 1.52. The number of benzene rings is 1. The number of methoxy groups -OCH3 is 1. The molecule has 0 atom stereocenters. The van der Waals surface area contributed by atoms with Gasteiger partial charge in [0, 0.05) is 30.2 Å². The number of pyridine rings is 1. The molecular weight excluding hydrogens is 334 g/mol. The third-order valence-corrected chi connectivity index (χ3v) is 3.08. The number of aromatic nitrogens is 1. The zero-order valence-corrected chi connectivity index (χ0v) is 13.7. The minimum atomic E-state index is -0.601. The maximum absolute atomic E-state index is 12.2. The van der Waals surface area contributed by atoms with E-state index in [1.54, 1.807) is 30.3 Å². The van der Waals surface area contributed by atoms with Crippen molar-refractivity contribution >= 4 is 35.0 Å². The highest BCUT2D eigenvalue weighted by Crippen LogP contribution is 2.17. The molecule has 0 unspecified atom stereocenters. The van der Waals surface area contributed by atoms with Gasteiger partial charge in [-0.3, -0.25) is 10.1 Å². The lowest BCUT2D eigenvalue weighted by Gasteiger charge is -2.09. The van der Waals surface area contributed by atoms with Gasteiger partial charge in [-0.15, -0.1) is 0 Å². The first-order chi connectivity index (χ1) is 11.6. The summed E-state index contributed by atoms with van der Waals surface area (Å²) >= 11 is 5.77. The number of nitrogens with one attached hydrogen (secondary N) is 2. The van der Waals surface area contributed by atoms with Gasteiger partial charge in [-0.2, -0.15) is 0 Å². The molecule has 2 rings (SSSR count). The van der Waals surface area contributed by atoms with E-state index in [9.17, 15) is 9.59 Å². The SMILES string of the molecule is COCCOC(=O)Nc1cccc(NC(=O)c2ccnc(Cl)c2)c1. The Hall–Kier alpha value is -2.64. The second kappa shape index (κ2) is 8.85. The molecule has 2 N–H and O–H groups in total. The van der Waals surface area contributed by atoms with Crippen LogP contribution in [0.1, 0.15) is 10.4 Å². The van der Waals surface area contributed by atoms with E-state index in [1.165, 1.54) is 19.4 Å². The van der Waals surface area contributed by atoms with Gasteiger partial charge in [0.15, 0.2) is 0 Å². The van der Waals surface area contributed by atoms with Crippen molar-refractivity contribution in [3.8, 4) is 0 Å². The van der Waals surface area contributed by atoms with Crippen LogP contribution in [-0.4, -0.2) is 37.3 Å². The zero-order valence-electron chi connectivity index (χ0n) is 12.9. The van der Waals surface area contributed by atoms with E-state index in [-0.39, 0.29) is 17.7 Å². The van der Waals surface area contributed by atoms with Gasteiger partial charge in [0.1, 0.15) is 11.8 Å². The number of carbonyl (C=O) groups is 2. The first-order valence-electron chi connectivity index (χ1n) is 7.04. The van der Waals surface area contributed by atoms with Crippen molar-refractivity contribution < 1.29 is 19.1 Å². The quantitative estimate of drug-likeness (QED) is 0.617.